The summed E-state index contributed by atoms with van der Waals surface area (Å²) < 4.78 is 4.88. The number of amides is 1. The van der Waals surface area contributed by atoms with Crippen LogP contribution < -0.4 is 10.6 Å². The SMILES string of the molecule is CCc1ccccc1NCC(=O)Nc1cc(C)on1. The van der Waals surface area contributed by atoms with Gasteiger partial charge in [-0.2, -0.15) is 0 Å². The van der Waals surface area contributed by atoms with Crippen LogP contribution in [-0.4, -0.2) is 17.6 Å². The first-order valence-electron chi connectivity index (χ1n) is 6.24. The maximum atomic E-state index is 11.7. The molecule has 0 aliphatic rings. The van der Waals surface area contributed by atoms with Gasteiger partial charge in [-0.15, -0.1) is 0 Å². The Balaban J connectivity index is 1.89. The predicted molar refractivity (Wildman–Crippen MR) is 74.2 cm³/mol. The molecule has 0 fully saturated rings. The van der Waals surface area contributed by atoms with Gasteiger partial charge in [0.25, 0.3) is 0 Å². The Morgan fingerprint density at radius 1 is 1.37 bits per heavy atom. The number of aryl methyl sites for hydroxylation is 2. The highest BCUT2D eigenvalue weighted by Gasteiger charge is 2.06. The minimum absolute atomic E-state index is 0.154. The second kappa shape index (κ2) is 6.04. The Bertz CT molecular complexity index is 563. The molecule has 0 radical (unpaired) electrons. The fourth-order valence-electron chi connectivity index (χ4n) is 1.79. The zero-order valence-corrected chi connectivity index (χ0v) is 11.1. The molecule has 19 heavy (non-hydrogen) atoms. The standard InChI is InChI=1S/C14H17N3O2/c1-3-11-6-4-5-7-12(11)15-9-14(18)16-13-8-10(2)19-17-13/h4-8,15H,3,9H2,1-2H3,(H,16,17,18). The van der Waals surface area contributed by atoms with E-state index in [0.717, 1.165) is 12.1 Å². The van der Waals surface area contributed by atoms with E-state index in [-0.39, 0.29) is 12.5 Å². The van der Waals surface area contributed by atoms with Gasteiger partial charge < -0.3 is 15.2 Å². The van der Waals surface area contributed by atoms with Crippen molar-refractivity contribution in [3.8, 4) is 0 Å². The summed E-state index contributed by atoms with van der Waals surface area (Å²) in [6, 6.07) is 9.62. The molecule has 0 aliphatic heterocycles. The highest BCUT2D eigenvalue weighted by molar-refractivity contribution is 5.92. The summed E-state index contributed by atoms with van der Waals surface area (Å²) in [5, 5.41) is 9.49. The van der Waals surface area contributed by atoms with E-state index in [1.807, 2.05) is 24.3 Å². The van der Waals surface area contributed by atoms with Crippen LogP contribution in [0, 0.1) is 6.92 Å². The van der Waals surface area contributed by atoms with Crippen LogP contribution >= 0.6 is 0 Å². The Hall–Kier alpha value is -2.30. The summed E-state index contributed by atoms with van der Waals surface area (Å²) in [6.45, 7) is 4.06. The smallest absolute Gasteiger partial charge is 0.244 e. The molecule has 0 spiro atoms. The average molecular weight is 259 g/mol. The van der Waals surface area contributed by atoms with E-state index in [4.69, 9.17) is 4.52 Å². The second-order valence-electron chi connectivity index (χ2n) is 4.24. The molecule has 5 heteroatoms. The third-order valence-electron chi connectivity index (χ3n) is 2.73. The highest BCUT2D eigenvalue weighted by Crippen LogP contribution is 2.15. The fraction of sp³-hybridized carbons (Fsp3) is 0.286. The van der Waals surface area contributed by atoms with Gasteiger partial charge in [0.2, 0.25) is 5.91 Å². The number of para-hydroxylation sites is 1. The van der Waals surface area contributed by atoms with Crippen molar-refractivity contribution in [2.24, 2.45) is 0 Å². The van der Waals surface area contributed by atoms with Gasteiger partial charge >= 0.3 is 0 Å². The lowest BCUT2D eigenvalue weighted by atomic mass is 10.1. The van der Waals surface area contributed by atoms with Crippen LogP contribution in [0.1, 0.15) is 18.2 Å². The molecule has 1 heterocycles. The van der Waals surface area contributed by atoms with Crippen molar-refractivity contribution in [3.63, 3.8) is 0 Å². The van der Waals surface area contributed by atoms with Crippen LogP contribution in [0.4, 0.5) is 11.5 Å². The normalized spacial score (nSPS) is 10.2. The van der Waals surface area contributed by atoms with Crippen LogP contribution in [0.3, 0.4) is 0 Å². The maximum Gasteiger partial charge on any atom is 0.244 e. The van der Waals surface area contributed by atoms with E-state index in [1.165, 1.54) is 5.56 Å². The molecular formula is C14H17N3O2. The number of rotatable bonds is 5. The molecule has 1 amide bonds. The van der Waals surface area contributed by atoms with Crippen LogP contribution in [0.5, 0.6) is 0 Å². The number of anilines is 2. The predicted octanol–water partition coefficient (Wildman–Crippen LogP) is 2.60. The first kappa shape index (κ1) is 13.1. The van der Waals surface area contributed by atoms with Crippen molar-refractivity contribution in [1.82, 2.24) is 5.16 Å². The maximum absolute atomic E-state index is 11.7. The Morgan fingerprint density at radius 2 is 2.16 bits per heavy atom. The molecular weight excluding hydrogens is 242 g/mol. The van der Waals surface area contributed by atoms with Gasteiger partial charge in [0, 0.05) is 11.8 Å². The molecule has 0 saturated heterocycles. The van der Waals surface area contributed by atoms with Gasteiger partial charge in [-0.1, -0.05) is 30.3 Å². The van der Waals surface area contributed by atoms with E-state index in [0.29, 0.717) is 11.6 Å². The molecule has 0 aliphatic carbocycles. The van der Waals surface area contributed by atoms with Crippen molar-refractivity contribution in [2.45, 2.75) is 20.3 Å². The molecule has 1 aromatic heterocycles. The zero-order chi connectivity index (χ0) is 13.7. The lowest BCUT2D eigenvalue weighted by Gasteiger charge is -2.10. The van der Waals surface area contributed by atoms with Gasteiger partial charge in [0.05, 0.1) is 6.54 Å². The quantitative estimate of drug-likeness (QED) is 0.866. The minimum atomic E-state index is -0.154. The van der Waals surface area contributed by atoms with Crippen LogP contribution in [0.25, 0.3) is 0 Å². The van der Waals surface area contributed by atoms with Crippen LogP contribution in [0.15, 0.2) is 34.9 Å². The molecule has 2 N–H and O–H groups in total. The molecule has 0 atom stereocenters. The number of hydrogen-bond acceptors (Lipinski definition) is 4. The second-order valence-corrected chi connectivity index (χ2v) is 4.24. The summed E-state index contributed by atoms with van der Waals surface area (Å²) in [6.07, 6.45) is 0.924. The molecule has 2 aromatic rings. The first-order chi connectivity index (χ1) is 9.19. The summed E-state index contributed by atoms with van der Waals surface area (Å²) in [7, 11) is 0. The van der Waals surface area contributed by atoms with E-state index >= 15 is 0 Å². The summed E-state index contributed by atoms with van der Waals surface area (Å²) >= 11 is 0. The topological polar surface area (TPSA) is 67.2 Å². The molecule has 2 rings (SSSR count). The van der Waals surface area contributed by atoms with Crippen molar-refractivity contribution < 1.29 is 9.32 Å². The lowest BCUT2D eigenvalue weighted by molar-refractivity contribution is -0.114. The monoisotopic (exact) mass is 259 g/mol. The number of nitrogens with one attached hydrogen (secondary N) is 2. The van der Waals surface area contributed by atoms with E-state index < -0.39 is 0 Å². The van der Waals surface area contributed by atoms with Gasteiger partial charge in [0.1, 0.15) is 5.76 Å². The minimum Gasteiger partial charge on any atom is -0.376 e. The summed E-state index contributed by atoms with van der Waals surface area (Å²) in [5.74, 6) is 0.951. The number of carbonyl (C=O) groups is 1. The van der Waals surface area contributed by atoms with Crippen LogP contribution in [-0.2, 0) is 11.2 Å². The first-order valence-corrected chi connectivity index (χ1v) is 6.24. The van der Waals surface area contributed by atoms with E-state index in [2.05, 4.69) is 22.7 Å². The van der Waals surface area contributed by atoms with Gasteiger partial charge in [-0.05, 0) is 25.0 Å². The molecule has 0 saturated carbocycles. The van der Waals surface area contributed by atoms with E-state index in [9.17, 15) is 4.79 Å². The van der Waals surface area contributed by atoms with Gasteiger partial charge in [-0.3, -0.25) is 4.79 Å². The van der Waals surface area contributed by atoms with Crippen molar-refractivity contribution in [2.75, 3.05) is 17.2 Å². The van der Waals surface area contributed by atoms with Crippen molar-refractivity contribution in [3.05, 3.63) is 41.7 Å². The van der Waals surface area contributed by atoms with Gasteiger partial charge in [0.15, 0.2) is 5.82 Å². The molecule has 0 unspecified atom stereocenters. The lowest BCUT2D eigenvalue weighted by Crippen LogP contribution is -2.22. The van der Waals surface area contributed by atoms with Crippen LogP contribution in [0.2, 0.25) is 0 Å². The largest absolute Gasteiger partial charge is 0.376 e. The molecule has 5 nitrogen and oxygen atoms in total. The molecule has 0 bridgehead atoms. The number of aromatic nitrogens is 1. The Morgan fingerprint density at radius 3 is 2.84 bits per heavy atom. The Kier molecular flexibility index (Phi) is 4.18. The third kappa shape index (κ3) is 3.58. The van der Waals surface area contributed by atoms with Gasteiger partial charge in [-0.25, -0.2) is 0 Å². The summed E-state index contributed by atoms with van der Waals surface area (Å²) in [4.78, 5) is 11.7. The summed E-state index contributed by atoms with van der Waals surface area (Å²) in [5.41, 5.74) is 2.17. The van der Waals surface area contributed by atoms with Crippen molar-refractivity contribution >= 4 is 17.4 Å². The average Bonchev–Trinajstić information content (AvgIpc) is 2.82. The third-order valence-corrected chi connectivity index (χ3v) is 2.73. The highest BCUT2D eigenvalue weighted by atomic mass is 16.5. The van der Waals surface area contributed by atoms with Crippen molar-refractivity contribution in [1.29, 1.82) is 0 Å². The number of nitrogens with zero attached hydrogens (tertiary/aromatic N) is 1. The fourth-order valence-corrected chi connectivity index (χ4v) is 1.79. The Labute approximate surface area is 112 Å². The number of carbonyl (C=O) groups excluding carboxylic acids is 1. The molecule has 1 aromatic carbocycles. The number of benzene rings is 1. The number of hydrogen-bond donors (Lipinski definition) is 2. The van der Waals surface area contributed by atoms with E-state index in [1.54, 1.807) is 13.0 Å². The zero-order valence-electron chi connectivity index (χ0n) is 11.1. The molecule has 100 valence electrons.